The molecule has 0 atom stereocenters. The van der Waals surface area contributed by atoms with Crippen LogP contribution in [0.25, 0.3) is 10.8 Å². The second-order valence-electron chi connectivity index (χ2n) is 8.38. The molecule has 0 fully saturated rings. The lowest BCUT2D eigenvalue weighted by atomic mass is 10.1. The van der Waals surface area contributed by atoms with Crippen LogP contribution >= 0.6 is 0 Å². The summed E-state index contributed by atoms with van der Waals surface area (Å²) >= 11 is 0. The number of benzene rings is 4. The Kier molecular flexibility index (Phi) is 8.01. The quantitative estimate of drug-likeness (QED) is 0.268. The molecule has 1 amide bonds. The van der Waals surface area contributed by atoms with Gasteiger partial charge in [-0.15, -0.1) is 0 Å². The number of hydrogen-bond donors (Lipinski definition) is 1. The highest BCUT2D eigenvalue weighted by Gasteiger charge is 2.35. The van der Waals surface area contributed by atoms with Crippen LogP contribution in [-0.2, 0) is 21.0 Å². The molecule has 0 heterocycles. The summed E-state index contributed by atoms with van der Waals surface area (Å²) in [5.74, 6) is -0.354. The van der Waals surface area contributed by atoms with Crippen molar-refractivity contribution >= 4 is 38.1 Å². The number of nitrogens with zero attached hydrogens (tertiary/aromatic N) is 1. The van der Waals surface area contributed by atoms with Crippen LogP contribution in [0.3, 0.4) is 0 Å². The molecule has 204 valence electrons. The van der Waals surface area contributed by atoms with E-state index in [-0.39, 0.29) is 10.6 Å². The number of fused-ring (bicyclic) bond motifs is 1. The summed E-state index contributed by atoms with van der Waals surface area (Å²) in [6, 6.07) is 20.1. The van der Waals surface area contributed by atoms with Crippen molar-refractivity contribution in [2.24, 2.45) is 0 Å². The van der Waals surface area contributed by atoms with Gasteiger partial charge in [-0.3, -0.25) is 9.10 Å². The Bertz CT molecular complexity index is 1580. The number of carbonyl (C=O) groups excluding carboxylic acids is 1. The number of ether oxygens (including phenoxy) is 2. The Morgan fingerprint density at radius 2 is 1.64 bits per heavy atom. The van der Waals surface area contributed by atoms with Crippen molar-refractivity contribution in [3.63, 3.8) is 0 Å². The van der Waals surface area contributed by atoms with Gasteiger partial charge in [0.1, 0.15) is 18.0 Å². The fourth-order valence-electron chi connectivity index (χ4n) is 4.03. The number of amides is 1. The lowest BCUT2D eigenvalue weighted by Crippen LogP contribution is -2.38. The number of rotatable bonds is 9. The van der Waals surface area contributed by atoms with Crippen molar-refractivity contribution in [3.8, 4) is 11.5 Å². The molecule has 4 aromatic rings. The van der Waals surface area contributed by atoms with Crippen LogP contribution in [0.5, 0.6) is 11.5 Å². The lowest BCUT2D eigenvalue weighted by Gasteiger charge is -2.27. The number of alkyl halides is 3. The Hall–Kier alpha value is -4.25. The predicted molar refractivity (Wildman–Crippen MR) is 143 cm³/mol. The largest absolute Gasteiger partial charge is 0.495 e. The zero-order valence-corrected chi connectivity index (χ0v) is 21.8. The van der Waals surface area contributed by atoms with Crippen molar-refractivity contribution < 1.29 is 35.9 Å². The van der Waals surface area contributed by atoms with Gasteiger partial charge in [-0.05, 0) is 60.8 Å². The van der Waals surface area contributed by atoms with Crippen molar-refractivity contribution in [3.05, 3.63) is 90.5 Å². The molecule has 0 aliphatic rings. The summed E-state index contributed by atoms with van der Waals surface area (Å²) in [7, 11) is -3.37. The molecule has 0 unspecified atom stereocenters. The van der Waals surface area contributed by atoms with E-state index in [4.69, 9.17) is 9.47 Å². The first kappa shape index (κ1) is 27.8. The first-order chi connectivity index (χ1) is 18.5. The first-order valence-electron chi connectivity index (χ1n) is 11.8. The molecule has 0 bridgehead atoms. The fraction of sp³-hybridized carbons (Fsp3) is 0.179. The number of hydrogen-bond acceptors (Lipinski definition) is 5. The van der Waals surface area contributed by atoms with E-state index in [2.05, 4.69) is 5.32 Å². The SMILES string of the molecule is CCOc1ccc(NC(=O)CN(c2cc(C(F)(F)F)ccc2OC)S(=O)(=O)c2cccc3ccccc23)cc1. The van der Waals surface area contributed by atoms with Crippen LogP contribution in [0.4, 0.5) is 24.5 Å². The maximum absolute atomic E-state index is 14.1. The molecule has 0 saturated carbocycles. The molecule has 0 aromatic heterocycles. The topological polar surface area (TPSA) is 84.9 Å². The van der Waals surface area contributed by atoms with E-state index in [0.717, 1.165) is 12.1 Å². The van der Waals surface area contributed by atoms with Gasteiger partial charge in [0.2, 0.25) is 5.91 Å². The maximum Gasteiger partial charge on any atom is 0.416 e. The molecule has 4 aromatic carbocycles. The third-order valence-corrected chi connectivity index (χ3v) is 7.65. The minimum absolute atomic E-state index is 0.152. The molecule has 0 aliphatic heterocycles. The fourth-order valence-corrected chi connectivity index (χ4v) is 5.67. The van der Waals surface area contributed by atoms with Gasteiger partial charge in [0.15, 0.2) is 0 Å². The minimum atomic E-state index is -4.76. The standard InChI is InChI=1S/C28H25F3N2O5S/c1-3-38-22-14-12-21(13-15-22)32-27(34)18-33(24-17-20(28(29,30)31)11-16-25(24)37-2)39(35,36)26-10-6-8-19-7-4-5-9-23(19)26/h4-17H,3,18H2,1-2H3,(H,32,34). The number of anilines is 2. The minimum Gasteiger partial charge on any atom is -0.495 e. The normalized spacial score (nSPS) is 11.7. The lowest BCUT2D eigenvalue weighted by molar-refractivity contribution is -0.137. The van der Waals surface area contributed by atoms with Crippen molar-refractivity contribution in [1.29, 1.82) is 0 Å². The Labute approximate surface area is 223 Å². The third-order valence-electron chi connectivity index (χ3n) is 5.83. The Morgan fingerprint density at radius 1 is 0.949 bits per heavy atom. The smallest absolute Gasteiger partial charge is 0.416 e. The zero-order valence-electron chi connectivity index (χ0n) is 21.0. The number of sulfonamides is 1. The molecule has 1 N–H and O–H groups in total. The van der Waals surface area contributed by atoms with Gasteiger partial charge >= 0.3 is 6.18 Å². The number of nitrogens with one attached hydrogen (secondary N) is 1. The molecule has 4 rings (SSSR count). The molecule has 39 heavy (non-hydrogen) atoms. The maximum atomic E-state index is 14.1. The second kappa shape index (κ2) is 11.2. The molecule has 7 nitrogen and oxygen atoms in total. The van der Waals surface area contributed by atoms with E-state index in [1.54, 1.807) is 54.6 Å². The van der Waals surface area contributed by atoms with Crippen LogP contribution in [-0.4, -0.2) is 34.6 Å². The average molecular weight is 559 g/mol. The zero-order chi connectivity index (χ0) is 28.2. The van der Waals surface area contributed by atoms with Gasteiger partial charge in [0, 0.05) is 11.1 Å². The van der Waals surface area contributed by atoms with E-state index < -0.39 is 39.9 Å². The molecule has 0 radical (unpaired) electrons. The molecule has 11 heteroatoms. The highest BCUT2D eigenvalue weighted by Crippen LogP contribution is 2.39. The summed E-state index contributed by atoms with van der Waals surface area (Å²) in [6.07, 6.45) is -4.76. The van der Waals surface area contributed by atoms with Gasteiger partial charge in [-0.2, -0.15) is 13.2 Å². The van der Waals surface area contributed by atoms with E-state index in [1.165, 1.54) is 19.2 Å². The second-order valence-corrected chi connectivity index (χ2v) is 10.2. The summed E-state index contributed by atoms with van der Waals surface area (Å²) in [6.45, 7) is 1.45. The molecular formula is C28H25F3N2O5S. The van der Waals surface area contributed by atoms with Crippen LogP contribution in [0, 0.1) is 0 Å². The molecule has 0 saturated heterocycles. The number of methoxy groups -OCH3 is 1. The van der Waals surface area contributed by atoms with E-state index >= 15 is 0 Å². The van der Waals surface area contributed by atoms with Crippen molar-refractivity contribution in [1.82, 2.24) is 0 Å². The molecular weight excluding hydrogens is 533 g/mol. The van der Waals surface area contributed by atoms with Crippen molar-refractivity contribution in [2.45, 2.75) is 18.0 Å². The van der Waals surface area contributed by atoms with E-state index in [9.17, 15) is 26.4 Å². The number of carbonyl (C=O) groups is 1. The summed E-state index contributed by atoms with van der Waals surface area (Å²) < 4.78 is 80.3. The van der Waals surface area contributed by atoms with Crippen LogP contribution < -0.4 is 19.1 Å². The first-order valence-corrected chi connectivity index (χ1v) is 13.3. The third kappa shape index (κ3) is 6.09. The Balaban J connectivity index is 1.81. The Morgan fingerprint density at radius 3 is 2.31 bits per heavy atom. The summed E-state index contributed by atoms with van der Waals surface area (Å²) in [5.41, 5.74) is -1.17. The molecule has 0 spiro atoms. The predicted octanol–water partition coefficient (Wildman–Crippen LogP) is 6.10. The van der Waals surface area contributed by atoms with Crippen molar-refractivity contribution in [2.75, 3.05) is 29.9 Å². The number of halogens is 3. The molecule has 0 aliphatic carbocycles. The highest BCUT2D eigenvalue weighted by molar-refractivity contribution is 7.93. The summed E-state index contributed by atoms with van der Waals surface area (Å²) in [5, 5.41) is 3.55. The van der Waals surface area contributed by atoms with Gasteiger partial charge < -0.3 is 14.8 Å². The van der Waals surface area contributed by atoms with Crippen LogP contribution in [0.1, 0.15) is 12.5 Å². The monoisotopic (exact) mass is 558 g/mol. The summed E-state index contributed by atoms with van der Waals surface area (Å²) in [4.78, 5) is 12.9. The van der Waals surface area contributed by atoms with Crippen LogP contribution in [0.2, 0.25) is 0 Å². The van der Waals surface area contributed by atoms with Gasteiger partial charge in [0.25, 0.3) is 10.0 Å². The highest BCUT2D eigenvalue weighted by atomic mass is 32.2. The van der Waals surface area contributed by atoms with Gasteiger partial charge in [-0.25, -0.2) is 8.42 Å². The van der Waals surface area contributed by atoms with Gasteiger partial charge in [0.05, 0.1) is 29.9 Å². The van der Waals surface area contributed by atoms with Crippen LogP contribution in [0.15, 0.2) is 89.8 Å². The van der Waals surface area contributed by atoms with E-state index in [0.29, 0.717) is 39.2 Å². The van der Waals surface area contributed by atoms with E-state index in [1.807, 2.05) is 6.92 Å². The van der Waals surface area contributed by atoms with Gasteiger partial charge in [-0.1, -0.05) is 36.4 Å². The average Bonchev–Trinajstić information content (AvgIpc) is 2.91.